The van der Waals surface area contributed by atoms with E-state index in [1.54, 1.807) is 29.5 Å². The quantitative estimate of drug-likeness (QED) is 0.835. The summed E-state index contributed by atoms with van der Waals surface area (Å²) in [5.41, 5.74) is 0.956. The number of halogens is 1. The number of carbonyl (C=O) groups excluding carboxylic acids is 1. The zero-order valence-corrected chi connectivity index (χ0v) is 11.9. The molecule has 0 atom stereocenters. The molecule has 0 saturated heterocycles. The first-order valence-corrected chi connectivity index (χ1v) is 7.24. The lowest BCUT2D eigenvalue weighted by atomic mass is 10.2. The molecule has 1 heterocycles. The number of benzene rings is 1. The SMILES string of the molecule is O=C(C=Cc1ccc(Cl)cc1)NCCc1cccs1. The first kappa shape index (κ1) is 13.8. The molecule has 98 valence electrons. The molecule has 0 unspecified atom stereocenters. The van der Waals surface area contributed by atoms with E-state index >= 15 is 0 Å². The van der Waals surface area contributed by atoms with Crippen LogP contribution in [0.1, 0.15) is 10.4 Å². The van der Waals surface area contributed by atoms with Gasteiger partial charge in [-0.15, -0.1) is 11.3 Å². The second-order valence-corrected chi connectivity index (χ2v) is 5.47. The Morgan fingerprint density at radius 3 is 2.74 bits per heavy atom. The van der Waals surface area contributed by atoms with Crippen LogP contribution in [-0.2, 0) is 11.2 Å². The summed E-state index contributed by atoms with van der Waals surface area (Å²) >= 11 is 7.49. The summed E-state index contributed by atoms with van der Waals surface area (Å²) in [6.45, 7) is 0.657. The van der Waals surface area contributed by atoms with Crippen molar-refractivity contribution in [3.63, 3.8) is 0 Å². The minimum atomic E-state index is -0.0773. The van der Waals surface area contributed by atoms with E-state index in [9.17, 15) is 4.79 Å². The lowest BCUT2D eigenvalue weighted by molar-refractivity contribution is -0.116. The van der Waals surface area contributed by atoms with Crippen molar-refractivity contribution in [3.8, 4) is 0 Å². The molecule has 0 aliphatic rings. The largest absolute Gasteiger partial charge is 0.352 e. The molecule has 0 bridgehead atoms. The lowest BCUT2D eigenvalue weighted by Gasteiger charge is -2.00. The molecule has 1 N–H and O–H groups in total. The van der Waals surface area contributed by atoms with Gasteiger partial charge in [-0.1, -0.05) is 29.8 Å². The Labute approximate surface area is 121 Å². The molecule has 0 aliphatic heterocycles. The summed E-state index contributed by atoms with van der Waals surface area (Å²) in [6, 6.07) is 11.4. The number of thiophene rings is 1. The summed E-state index contributed by atoms with van der Waals surface area (Å²) in [4.78, 5) is 12.9. The number of hydrogen-bond donors (Lipinski definition) is 1. The van der Waals surface area contributed by atoms with E-state index in [4.69, 9.17) is 11.6 Å². The van der Waals surface area contributed by atoms with Crippen molar-refractivity contribution >= 4 is 34.9 Å². The second kappa shape index (κ2) is 7.12. The summed E-state index contributed by atoms with van der Waals surface area (Å²) < 4.78 is 0. The Bertz CT molecular complexity index is 546. The summed E-state index contributed by atoms with van der Waals surface area (Å²) in [7, 11) is 0. The predicted octanol–water partition coefficient (Wildman–Crippen LogP) is 3.77. The van der Waals surface area contributed by atoms with Crippen LogP contribution in [0.4, 0.5) is 0 Å². The summed E-state index contributed by atoms with van der Waals surface area (Å²) in [6.07, 6.45) is 4.19. The van der Waals surface area contributed by atoms with Gasteiger partial charge in [0.05, 0.1) is 0 Å². The van der Waals surface area contributed by atoms with E-state index in [0.717, 1.165) is 12.0 Å². The Balaban J connectivity index is 1.76. The van der Waals surface area contributed by atoms with Gasteiger partial charge < -0.3 is 5.32 Å². The van der Waals surface area contributed by atoms with E-state index < -0.39 is 0 Å². The predicted molar refractivity (Wildman–Crippen MR) is 81.5 cm³/mol. The highest BCUT2D eigenvalue weighted by Gasteiger charge is 1.97. The minimum Gasteiger partial charge on any atom is -0.352 e. The molecule has 0 radical (unpaired) electrons. The first-order valence-electron chi connectivity index (χ1n) is 5.98. The van der Waals surface area contributed by atoms with E-state index in [1.807, 2.05) is 23.6 Å². The van der Waals surface area contributed by atoms with E-state index in [-0.39, 0.29) is 5.91 Å². The smallest absolute Gasteiger partial charge is 0.244 e. The molecule has 19 heavy (non-hydrogen) atoms. The van der Waals surface area contributed by atoms with Crippen LogP contribution in [0, 0.1) is 0 Å². The van der Waals surface area contributed by atoms with Gasteiger partial charge in [0.25, 0.3) is 0 Å². The molecular weight excluding hydrogens is 278 g/mol. The molecule has 0 spiro atoms. The summed E-state index contributed by atoms with van der Waals surface area (Å²) in [5.74, 6) is -0.0773. The lowest BCUT2D eigenvalue weighted by Crippen LogP contribution is -2.23. The van der Waals surface area contributed by atoms with Crippen LogP contribution in [0.15, 0.2) is 47.9 Å². The molecule has 0 fully saturated rings. The maximum Gasteiger partial charge on any atom is 0.244 e. The van der Waals surface area contributed by atoms with Gasteiger partial charge >= 0.3 is 0 Å². The molecule has 0 aliphatic carbocycles. The molecule has 1 aromatic carbocycles. The molecule has 2 nitrogen and oxygen atoms in total. The van der Waals surface area contributed by atoms with Crippen molar-refractivity contribution < 1.29 is 4.79 Å². The number of rotatable bonds is 5. The van der Waals surface area contributed by atoms with Gasteiger partial charge in [-0.3, -0.25) is 4.79 Å². The monoisotopic (exact) mass is 291 g/mol. The minimum absolute atomic E-state index is 0.0773. The van der Waals surface area contributed by atoms with Crippen LogP contribution in [-0.4, -0.2) is 12.5 Å². The van der Waals surface area contributed by atoms with Crippen molar-refractivity contribution in [2.75, 3.05) is 6.54 Å². The number of carbonyl (C=O) groups is 1. The summed E-state index contributed by atoms with van der Waals surface area (Å²) in [5, 5.41) is 5.59. The number of hydrogen-bond acceptors (Lipinski definition) is 2. The van der Waals surface area contributed by atoms with Gasteiger partial charge in [-0.05, 0) is 41.6 Å². The van der Waals surface area contributed by atoms with E-state index in [1.165, 1.54) is 11.0 Å². The highest BCUT2D eigenvalue weighted by atomic mass is 35.5. The van der Waals surface area contributed by atoms with Crippen molar-refractivity contribution in [3.05, 3.63) is 63.3 Å². The van der Waals surface area contributed by atoms with Gasteiger partial charge in [0.15, 0.2) is 0 Å². The van der Waals surface area contributed by atoms with Crippen LogP contribution in [0.5, 0.6) is 0 Å². The van der Waals surface area contributed by atoms with Crippen LogP contribution in [0.2, 0.25) is 5.02 Å². The molecule has 0 saturated carbocycles. The van der Waals surface area contributed by atoms with Crippen LogP contribution in [0.25, 0.3) is 6.08 Å². The van der Waals surface area contributed by atoms with Gasteiger partial charge in [0.1, 0.15) is 0 Å². The molecule has 2 rings (SSSR count). The number of nitrogens with one attached hydrogen (secondary N) is 1. The van der Waals surface area contributed by atoms with Crippen molar-refractivity contribution in [1.29, 1.82) is 0 Å². The molecule has 1 amide bonds. The zero-order valence-electron chi connectivity index (χ0n) is 10.3. The Morgan fingerprint density at radius 2 is 2.05 bits per heavy atom. The average molecular weight is 292 g/mol. The van der Waals surface area contributed by atoms with Crippen LogP contribution in [0.3, 0.4) is 0 Å². The molecular formula is C15H14ClNOS. The van der Waals surface area contributed by atoms with E-state index in [0.29, 0.717) is 11.6 Å². The third-order valence-electron chi connectivity index (χ3n) is 2.55. The maximum absolute atomic E-state index is 11.6. The number of amides is 1. The second-order valence-electron chi connectivity index (χ2n) is 4.01. The standard InChI is InChI=1S/C15H14ClNOS/c16-13-6-3-12(4-7-13)5-8-15(18)17-10-9-14-2-1-11-19-14/h1-8,11H,9-10H2,(H,17,18). The molecule has 1 aromatic heterocycles. The van der Waals surface area contributed by atoms with Crippen LogP contribution < -0.4 is 5.32 Å². The molecule has 4 heteroatoms. The zero-order chi connectivity index (χ0) is 13.5. The Hall–Kier alpha value is -1.58. The molecule has 2 aromatic rings. The normalized spacial score (nSPS) is 10.8. The average Bonchev–Trinajstić information content (AvgIpc) is 2.91. The first-order chi connectivity index (χ1) is 9.24. The Morgan fingerprint density at radius 1 is 1.26 bits per heavy atom. The third-order valence-corrected chi connectivity index (χ3v) is 3.74. The van der Waals surface area contributed by atoms with Gasteiger partial charge in [0.2, 0.25) is 5.91 Å². The highest BCUT2D eigenvalue weighted by molar-refractivity contribution is 7.09. The fraction of sp³-hybridized carbons (Fsp3) is 0.133. The van der Waals surface area contributed by atoms with Crippen molar-refractivity contribution in [2.45, 2.75) is 6.42 Å². The van der Waals surface area contributed by atoms with Crippen molar-refractivity contribution in [1.82, 2.24) is 5.32 Å². The van der Waals surface area contributed by atoms with Crippen molar-refractivity contribution in [2.24, 2.45) is 0 Å². The fourth-order valence-electron chi connectivity index (χ4n) is 1.57. The van der Waals surface area contributed by atoms with E-state index in [2.05, 4.69) is 11.4 Å². The highest BCUT2D eigenvalue weighted by Crippen LogP contribution is 2.10. The Kier molecular flexibility index (Phi) is 5.19. The van der Waals surface area contributed by atoms with Gasteiger partial charge in [0, 0.05) is 22.5 Å². The van der Waals surface area contributed by atoms with Gasteiger partial charge in [-0.2, -0.15) is 0 Å². The topological polar surface area (TPSA) is 29.1 Å². The maximum atomic E-state index is 11.6. The fourth-order valence-corrected chi connectivity index (χ4v) is 2.40. The van der Waals surface area contributed by atoms with Crippen LogP contribution >= 0.6 is 22.9 Å². The third kappa shape index (κ3) is 4.89. The van der Waals surface area contributed by atoms with Gasteiger partial charge in [-0.25, -0.2) is 0 Å².